The van der Waals surface area contributed by atoms with Gasteiger partial charge in [-0.3, -0.25) is 9.40 Å². The molecule has 0 aliphatic carbocycles. The summed E-state index contributed by atoms with van der Waals surface area (Å²) < 4.78 is 32.0. The Morgan fingerprint density at radius 2 is 1.87 bits per heavy atom. The van der Waals surface area contributed by atoms with Crippen molar-refractivity contribution in [3.8, 4) is 11.1 Å². The number of aromatic nitrogens is 4. The van der Waals surface area contributed by atoms with E-state index >= 15 is 0 Å². The zero-order valence-corrected chi connectivity index (χ0v) is 18.3. The topological polar surface area (TPSA) is 85.0 Å². The van der Waals surface area contributed by atoms with Crippen molar-refractivity contribution >= 4 is 32.4 Å². The Bertz CT molecular complexity index is 1370. The first-order valence-electron chi connectivity index (χ1n) is 10.2. The molecule has 0 spiro atoms. The van der Waals surface area contributed by atoms with Gasteiger partial charge >= 0.3 is 0 Å². The lowest BCUT2D eigenvalue weighted by molar-refractivity contribution is 0.601. The number of hydrogen-bond acceptors (Lipinski definition) is 5. The third kappa shape index (κ3) is 3.54. The van der Waals surface area contributed by atoms with Crippen LogP contribution in [0.2, 0.25) is 0 Å². The van der Waals surface area contributed by atoms with Gasteiger partial charge in [-0.25, -0.2) is 13.4 Å². The molecule has 0 radical (unpaired) electrons. The largest absolute Gasteiger partial charge is 0.372 e. The molecule has 0 unspecified atom stereocenters. The smallest absolute Gasteiger partial charge is 0.265 e. The van der Waals surface area contributed by atoms with Crippen LogP contribution in [-0.4, -0.2) is 40.8 Å². The van der Waals surface area contributed by atoms with E-state index < -0.39 is 10.0 Å². The molecule has 0 atom stereocenters. The fourth-order valence-corrected chi connectivity index (χ4v) is 5.25. The first kappa shape index (κ1) is 19.6. The summed E-state index contributed by atoms with van der Waals surface area (Å²) in [6, 6.07) is 10.1. The molecule has 9 heteroatoms. The van der Waals surface area contributed by atoms with Crippen LogP contribution in [0.1, 0.15) is 12.8 Å². The van der Waals surface area contributed by atoms with Crippen molar-refractivity contribution in [2.75, 3.05) is 22.7 Å². The van der Waals surface area contributed by atoms with Crippen molar-refractivity contribution in [2.24, 2.45) is 14.1 Å². The Morgan fingerprint density at radius 1 is 1.06 bits per heavy atom. The number of benzene rings is 1. The van der Waals surface area contributed by atoms with Gasteiger partial charge in [-0.05, 0) is 36.6 Å². The lowest BCUT2D eigenvalue weighted by atomic mass is 10.0. The van der Waals surface area contributed by atoms with Crippen molar-refractivity contribution in [2.45, 2.75) is 17.7 Å². The summed E-state index contributed by atoms with van der Waals surface area (Å²) in [6.07, 6.45) is 8.86. The molecule has 8 nitrogen and oxygen atoms in total. The van der Waals surface area contributed by atoms with Gasteiger partial charge in [0.15, 0.2) is 0 Å². The minimum atomic E-state index is -3.77. The molecule has 160 valence electrons. The molecule has 4 aromatic rings. The maximum atomic E-state index is 12.9. The van der Waals surface area contributed by atoms with Gasteiger partial charge in [0.25, 0.3) is 10.0 Å². The molecule has 1 aliphatic heterocycles. The number of anilines is 2. The van der Waals surface area contributed by atoms with E-state index in [-0.39, 0.29) is 4.90 Å². The van der Waals surface area contributed by atoms with Crippen LogP contribution < -0.4 is 9.62 Å². The molecule has 0 bridgehead atoms. The number of fused-ring (bicyclic) bond motifs is 1. The SMILES string of the molecule is Cn1cc(S(=O)(=O)Nc2ccnc3c2c(-c2cccc(N4CCCC4)c2)cn3C)cn1. The summed E-state index contributed by atoms with van der Waals surface area (Å²) in [5.41, 5.74) is 4.37. The Balaban J connectivity index is 1.62. The minimum absolute atomic E-state index is 0.119. The van der Waals surface area contributed by atoms with E-state index in [1.807, 2.05) is 17.8 Å². The van der Waals surface area contributed by atoms with Gasteiger partial charge in [0.2, 0.25) is 0 Å². The number of aryl methyl sites for hydroxylation is 2. The van der Waals surface area contributed by atoms with Gasteiger partial charge in [0.1, 0.15) is 10.5 Å². The maximum Gasteiger partial charge on any atom is 0.265 e. The van der Waals surface area contributed by atoms with Gasteiger partial charge in [-0.15, -0.1) is 0 Å². The zero-order chi connectivity index (χ0) is 21.6. The van der Waals surface area contributed by atoms with Gasteiger partial charge in [-0.2, -0.15) is 5.10 Å². The fraction of sp³-hybridized carbons (Fsp3) is 0.273. The van der Waals surface area contributed by atoms with Crippen molar-refractivity contribution in [3.05, 3.63) is 55.1 Å². The van der Waals surface area contributed by atoms with Crippen LogP contribution in [0.5, 0.6) is 0 Å². The normalized spacial score (nSPS) is 14.5. The molecule has 31 heavy (non-hydrogen) atoms. The number of hydrogen-bond donors (Lipinski definition) is 1. The predicted molar refractivity (Wildman–Crippen MR) is 122 cm³/mol. The molecule has 3 aromatic heterocycles. The molecule has 1 aromatic carbocycles. The van der Waals surface area contributed by atoms with Crippen LogP contribution in [-0.2, 0) is 24.1 Å². The molecule has 1 aliphatic rings. The third-order valence-electron chi connectivity index (χ3n) is 5.72. The molecule has 1 fully saturated rings. The molecule has 1 N–H and O–H groups in total. The standard InChI is InChI=1S/C22H24N6O2S/c1-26-15-19(16-6-5-7-17(12-16)28-10-3-4-11-28)21-20(8-9-23-22(21)26)25-31(29,30)18-13-24-27(2)14-18/h5-9,12-15H,3-4,10-11H2,1-2H3,(H,23,25). The van der Waals surface area contributed by atoms with Gasteiger partial charge in [0, 0.05) is 57.0 Å². The highest BCUT2D eigenvalue weighted by molar-refractivity contribution is 7.92. The molecular weight excluding hydrogens is 412 g/mol. The average Bonchev–Trinajstić information content (AvgIpc) is 3.49. The summed E-state index contributed by atoms with van der Waals surface area (Å²) in [5, 5.41) is 4.75. The lowest BCUT2D eigenvalue weighted by Crippen LogP contribution is -2.17. The van der Waals surface area contributed by atoms with E-state index in [9.17, 15) is 8.42 Å². The zero-order valence-electron chi connectivity index (χ0n) is 17.5. The summed E-state index contributed by atoms with van der Waals surface area (Å²) in [4.78, 5) is 7.00. The summed E-state index contributed by atoms with van der Waals surface area (Å²) in [7, 11) is -0.167. The average molecular weight is 437 g/mol. The minimum Gasteiger partial charge on any atom is -0.372 e. The van der Waals surface area contributed by atoms with E-state index in [1.54, 1.807) is 19.3 Å². The van der Waals surface area contributed by atoms with Crippen LogP contribution in [0.15, 0.2) is 60.0 Å². The first-order valence-corrected chi connectivity index (χ1v) is 11.7. The highest BCUT2D eigenvalue weighted by Crippen LogP contribution is 2.37. The van der Waals surface area contributed by atoms with Crippen molar-refractivity contribution in [1.82, 2.24) is 19.3 Å². The Morgan fingerprint density at radius 3 is 2.61 bits per heavy atom. The maximum absolute atomic E-state index is 12.9. The van der Waals surface area contributed by atoms with E-state index in [0.29, 0.717) is 11.3 Å². The second kappa shape index (κ2) is 7.42. The third-order valence-corrected chi connectivity index (χ3v) is 7.04. The quantitative estimate of drug-likeness (QED) is 0.518. The van der Waals surface area contributed by atoms with Gasteiger partial charge in [0.05, 0.1) is 17.3 Å². The van der Waals surface area contributed by atoms with E-state index in [4.69, 9.17) is 0 Å². The molecule has 0 saturated carbocycles. The molecule has 0 amide bonds. The molecule has 5 rings (SSSR count). The fourth-order valence-electron chi connectivity index (χ4n) is 4.19. The van der Waals surface area contributed by atoms with Gasteiger partial charge in [-0.1, -0.05) is 12.1 Å². The second-order valence-electron chi connectivity index (χ2n) is 7.91. The second-order valence-corrected chi connectivity index (χ2v) is 9.59. The molecular formula is C22H24N6O2S. The van der Waals surface area contributed by atoms with Crippen LogP contribution in [0.4, 0.5) is 11.4 Å². The first-order chi connectivity index (χ1) is 14.9. The van der Waals surface area contributed by atoms with Crippen molar-refractivity contribution < 1.29 is 8.42 Å². The Kier molecular flexibility index (Phi) is 4.70. The number of pyridine rings is 1. The number of sulfonamides is 1. The van der Waals surface area contributed by atoms with E-state index in [2.05, 4.69) is 44.0 Å². The predicted octanol–water partition coefficient (Wildman–Crippen LogP) is 3.37. The monoisotopic (exact) mass is 436 g/mol. The molecule has 4 heterocycles. The van der Waals surface area contributed by atoms with Crippen LogP contribution in [0.3, 0.4) is 0 Å². The summed E-state index contributed by atoms with van der Waals surface area (Å²) >= 11 is 0. The van der Waals surface area contributed by atoms with E-state index in [0.717, 1.165) is 29.6 Å². The Labute approximate surface area is 181 Å². The summed E-state index contributed by atoms with van der Waals surface area (Å²) in [5.74, 6) is 0. The molecule has 1 saturated heterocycles. The highest BCUT2D eigenvalue weighted by atomic mass is 32.2. The van der Waals surface area contributed by atoms with Crippen LogP contribution >= 0.6 is 0 Å². The number of nitrogens with zero attached hydrogens (tertiary/aromatic N) is 5. The highest BCUT2D eigenvalue weighted by Gasteiger charge is 2.21. The van der Waals surface area contributed by atoms with Crippen molar-refractivity contribution in [1.29, 1.82) is 0 Å². The van der Waals surface area contributed by atoms with Crippen LogP contribution in [0, 0.1) is 0 Å². The van der Waals surface area contributed by atoms with Crippen LogP contribution in [0.25, 0.3) is 22.2 Å². The van der Waals surface area contributed by atoms with E-state index in [1.165, 1.54) is 35.6 Å². The summed E-state index contributed by atoms with van der Waals surface area (Å²) in [6.45, 7) is 2.13. The van der Waals surface area contributed by atoms with Crippen molar-refractivity contribution in [3.63, 3.8) is 0 Å². The number of nitrogens with one attached hydrogen (secondary N) is 1. The number of rotatable bonds is 5. The van der Waals surface area contributed by atoms with Gasteiger partial charge < -0.3 is 9.47 Å². The lowest BCUT2D eigenvalue weighted by Gasteiger charge is -2.18. The Hall–Kier alpha value is -3.33.